The van der Waals surface area contributed by atoms with Crippen LogP contribution in [0.3, 0.4) is 0 Å². The van der Waals surface area contributed by atoms with Crippen LogP contribution in [0, 0.1) is 0 Å². The van der Waals surface area contributed by atoms with Gasteiger partial charge in [0.05, 0.1) is 13.2 Å². The number of methoxy groups -OCH3 is 1. The van der Waals surface area contributed by atoms with Gasteiger partial charge in [0.2, 0.25) is 0 Å². The zero-order valence-electron chi connectivity index (χ0n) is 12.5. The molecule has 0 saturated heterocycles. The second-order valence-corrected chi connectivity index (χ2v) is 5.48. The molecule has 0 radical (unpaired) electrons. The molecule has 1 rings (SSSR count). The zero-order valence-corrected chi connectivity index (χ0v) is 12.5. The Morgan fingerprint density at radius 3 is 2.60 bits per heavy atom. The van der Waals surface area contributed by atoms with E-state index in [0.29, 0.717) is 24.3 Å². The summed E-state index contributed by atoms with van der Waals surface area (Å²) in [6, 6.07) is 7.27. The molecule has 112 valence electrons. The summed E-state index contributed by atoms with van der Waals surface area (Å²) >= 11 is 0. The first-order chi connectivity index (χ1) is 9.33. The fourth-order valence-corrected chi connectivity index (χ4v) is 1.72. The van der Waals surface area contributed by atoms with E-state index in [1.54, 1.807) is 40.0 Å². The number of benzene rings is 1. The highest BCUT2D eigenvalue weighted by Gasteiger charge is 2.17. The smallest absolute Gasteiger partial charge is 0.407 e. The number of amides is 1. The Hall–Kier alpha value is -1.75. The Morgan fingerprint density at radius 2 is 2.00 bits per heavy atom. The van der Waals surface area contributed by atoms with Crippen molar-refractivity contribution in [3.05, 3.63) is 29.8 Å². The van der Waals surface area contributed by atoms with Crippen LogP contribution in [-0.4, -0.2) is 30.5 Å². The molecule has 1 aromatic rings. The van der Waals surface area contributed by atoms with Gasteiger partial charge >= 0.3 is 6.09 Å². The Kier molecular flexibility index (Phi) is 5.82. The molecule has 0 fully saturated rings. The number of aliphatic hydroxyl groups is 1. The lowest BCUT2D eigenvalue weighted by atomic mass is 10.1. The van der Waals surface area contributed by atoms with E-state index in [0.717, 1.165) is 0 Å². The third-order valence-corrected chi connectivity index (χ3v) is 2.58. The Morgan fingerprint density at radius 1 is 1.35 bits per heavy atom. The van der Waals surface area contributed by atoms with Gasteiger partial charge in [-0.1, -0.05) is 18.2 Å². The van der Waals surface area contributed by atoms with Crippen LogP contribution in [0.25, 0.3) is 0 Å². The lowest BCUT2D eigenvalue weighted by Crippen LogP contribution is -2.33. The van der Waals surface area contributed by atoms with E-state index in [1.165, 1.54) is 0 Å². The van der Waals surface area contributed by atoms with Gasteiger partial charge in [-0.2, -0.15) is 0 Å². The van der Waals surface area contributed by atoms with Crippen molar-refractivity contribution in [2.45, 2.75) is 38.9 Å². The Labute approximate surface area is 119 Å². The van der Waals surface area contributed by atoms with Crippen molar-refractivity contribution >= 4 is 6.09 Å². The first-order valence-electron chi connectivity index (χ1n) is 6.61. The number of nitrogens with one attached hydrogen (secondary N) is 1. The molecule has 0 saturated carbocycles. The first kappa shape index (κ1) is 16.3. The molecule has 0 spiro atoms. The number of carbonyl (C=O) groups excluding carboxylic acids is 1. The molecular weight excluding hydrogens is 258 g/mol. The zero-order chi connectivity index (χ0) is 15.2. The number of para-hydroxylation sites is 1. The van der Waals surface area contributed by atoms with Crippen LogP contribution in [0.15, 0.2) is 24.3 Å². The highest BCUT2D eigenvalue weighted by Crippen LogP contribution is 2.26. The van der Waals surface area contributed by atoms with E-state index < -0.39 is 17.8 Å². The van der Waals surface area contributed by atoms with Crippen LogP contribution in [-0.2, 0) is 4.74 Å². The lowest BCUT2D eigenvalue weighted by molar-refractivity contribution is 0.0518. The van der Waals surface area contributed by atoms with Crippen molar-refractivity contribution < 1.29 is 19.4 Å². The van der Waals surface area contributed by atoms with Gasteiger partial charge < -0.3 is 19.9 Å². The molecule has 0 aromatic heterocycles. The van der Waals surface area contributed by atoms with Crippen molar-refractivity contribution in [1.82, 2.24) is 5.32 Å². The van der Waals surface area contributed by atoms with Crippen LogP contribution in [0.2, 0.25) is 0 Å². The summed E-state index contributed by atoms with van der Waals surface area (Å²) in [6.07, 6.45) is -0.787. The highest BCUT2D eigenvalue weighted by molar-refractivity contribution is 5.67. The van der Waals surface area contributed by atoms with Gasteiger partial charge in [0.25, 0.3) is 0 Å². The monoisotopic (exact) mass is 281 g/mol. The van der Waals surface area contributed by atoms with Gasteiger partial charge in [0.15, 0.2) is 0 Å². The summed E-state index contributed by atoms with van der Waals surface area (Å²) in [5, 5.41) is 12.7. The van der Waals surface area contributed by atoms with Gasteiger partial charge in [-0.25, -0.2) is 4.79 Å². The predicted molar refractivity (Wildman–Crippen MR) is 76.8 cm³/mol. The minimum atomic E-state index is -0.693. The van der Waals surface area contributed by atoms with Crippen LogP contribution in [0.1, 0.15) is 38.9 Å². The van der Waals surface area contributed by atoms with Crippen molar-refractivity contribution in [2.75, 3.05) is 13.7 Å². The molecule has 0 aliphatic rings. The molecular formula is C15H23NO4. The quantitative estimate of drug-likeness (QED) is 0.870. The fourth-order valence-electron chi connectivity index (χ4n) is 1.72. The number of rotatable bonds is 5. The first-order valence-corrected chi connectivity index (χ1v) is 6.61. The maximum absolute atomic E-state index is 11.5. The summed E-state index contributed by atoms with van der Waals surface area (Å²) in [6.45, 7) is 5.73. The summed E-state index contributed by atoms with van der Waals surface area (Å²) in [5.41, 5.74) is 0.187. The maximum Gasteiger partial charge on any atom is 0.407 e. The number of ether oxygens (including phenoxy) is 2. The second kappa shape index (κ2) is 7.14. The molecule has 0 aliphatic carbocycles. The third-order valence-electron chi connectivity index (χ3n) is 2.58. The standard InChI is InChI=1S/C15H23NO4/c1-15(2,3)20-14(18)16-10-9-12(17)11-7-5-6-8-13(11)19-4/h5-8,12,17H,9-10H2,1-4H3,(H,16,18). The van der Waals surface area contributed by atoms with E-state index in [1.807, 2.05) is 12.1 Å². The summed E-state index contributed by atoms with van der Waals surface area (Å²) in [5.74, 6) is 0.636. The normalized spacial score (nSPS) is 12.7. The Balaban J connectivity index is 2.44. The maximum atomic E-state index is 11.5. The highest BCUT2D eigenvalue weighted by atomic mass is 16.6. The van der Waals surface area contributed by atoms with Gasteiger partial charge in [-0.3, -0.25) is 0 Å². The summed E-state index contributed by atoms with van der Waals surface area (Å²) in [4.78, 5) is 11.5. The molecule has 20 heavy (non-hydrogen) atoms. The molecule has 0 bridgehead atoms. The number of carbonyl (C=O) groups is 1. The number of hydrogen-bond donors (Lipinski definition) is 2. The van der Waals surface area contributed by atoms with Crippen molar-refractivity contribution in [2.24, 2.45) is 0 Å². The average Bonchev–Trinajstić information content (AvgIpc) is 2.36. The SMILES string of the molecule is COc1ccccc1C(O)CCNC(=O)OC(C)(C)C. The second-order valence-electron chi connectivity index (χ2n) is 5.48. The average molecular weight is 281 g/mol. The van der Waals surface area contributed by atoms with Gasteiger partial charge in [0, 0.05) is 12.1 Å². The minimum absolute atomic E-state index is 0.328. The molecule has 2 N–H and O–H groups in total. The van der Waals surface area contributed by atoms with Gasteiger partial charge in [-0.05, 0) is 33.3 Å². The van der Waals surface area contributed by atoms with Crippen molar-refractivity contribution in [3.63, 3.8) is 0 Å². The van der Waals surface area contributed by atoms with Crippen LogP contribution in [0.4, 0.5) is 4.79 Å². The fraction of sp³-hybridized carbons (Fsp3) is 0.533. The summed E-state index contributed by atoms with van der Waals surface area (Å²) < 4.78 is 10.3. The molecule has 1 unspecified atom stereocenters. The van der Waals surface area contributed by atoms with Crippen molar-refractivity contribution in [1.29, 1.82) is 0 Å². The Bertz CT molecular complexity index is 440. The minimum Gasteiger partial charge on any atom is -0.496 e. The number of alkyl carbamates (subject to hydrolysis) is 1. The lowest BCUT2D eigenvalue weighted by Gasteiger charge is -2.20. The predicted octanol–water partition coefficient (Wildman–Crippen LogP) is 2.64. The number of hydrogen-bond acceptors (Lipinski definition) is 4. The van der Waals surface area contributed by atoms with Crippen LogP contribution < -0.4 is 10.1 Å². The van der Waals surface area contributed by atoms with E-state index in [4.69, 9.17) is 9.47 Å². The van der Waals surface area contributed by atoms with Crippen LogP contribution in [0.5, 0.6) is 5.75 Å². The molecule has 5 heteroatoms. The van der Waals surface area contributed by atoms with E-state index in [2.05, 4.69) is 5.32 Å². The van der Waals surface area contributed by atoms with E-state index in [9.17, 15) is 9.90 Å². The van der Waals surface area contributed by atoms with Gasteiger partial charge in [-0.15, -0.1) is 0 Å². The molecule has 0 heterocycles. The molecule has 1 atom stereocenters. The topological polar surface area (TPSA) is 67.8 Å². The largest absolute Gasteiger partial charge is 0.496 e. The molecule has 0 aliphatic heterocycles. The number of aliphatic hydroxyl groups excluding tert-OH is 1. The summed E-state index contributed by atoms with van der Waals surface area (Å²) in [7, 11) is 1.56. The van der Waals surface area contributed by atoms with E-state index in [-0.39, 0.29) is 0 Å². The molecule has 5 nitrogen and oxygen atoms in total. The molecule has 1 aromatic carbocycles. The van der Waals surface area contributed by atoms with Crippen LogP contribution >= 0.6 is 0 Å². The van der Waals surface area contributed by atoms with Gasteiger partial charge in [0.1, 0.15) is 11.4 Å². The van der Waals surface area contributed by atoms with E-state index >= 15 is 0 Å². The molecule has 1 amide bonds. The van der Waals surface area contributed by atoms with Crippen molar-refractivity contribution in [3.8, 4) is 5.75 Å². The third kappa shape index (κ3) is 5.48.